The molecule has 1 aromatic carbocycles. The molecule has 1 rings (SSSR count). The molecular weight excluding hydrogens is 186 g/mol. The fourth-order valence-electron chi connectivity index (χ4n) is 1.70. The summed E-state index contributed by atoms with van der Waals surface area (Å²) in [5.41, 5.74) is 8.13. The smallest absolute Gasteiger partial charge is 0.104 e. The maximum atomic E-state index is 10.5. The highest BCUT2D eigenvalue weighted by atomic mass is 16.3. The van der Waals surface area contributed by atoms with Gasteiger partial charge in [-0.15, -0.1) is 0 Å². The van der Waals surface area contributed by atoms with E-state index in [4.69, 9.17) is 5.73 Å². The fraction of sp³-hybridized carbons (Fsp3) is 0.538. The van der Waals surface area contributed by atoms with Crippen LogP contribution in [0.3, 0.4) is 0 Å². The standard InChI is InChI=1S/C13H21NO/c1-9(2)13(15,8-14)12-6-5-10(3)11(4)7-12/h5-7,9,15H,8,14H2,1-4H3. The van der Waals surface area contributed by atoms with Gasteiger partial charge in [-0.05, 0) is 36.5 Å². The van der Waals surface area contributed by atoms with Crippen LogP contribution in [0.15, 0.2) is 18.2 Å². The van der Waals surface area contributed by atoms with Gasteiger partial charge in [0.15, 0.2) is 0 Å². The lowest BCUT2D eigenvalue weighted by molar-refractivity contribution is -0.00119. The summed E-state index contributed by atoms with van der Waals surface area (Å²) in [5, 5.41) is 10.5. The first kappa shape index (κ1) is 12.2. The Bertz CT molecular complexity index is 346. The highest BCUT2D eigenvalue weighted by Gasteiger charge is 2.31. The fourth-order valence-corrected chi connectivity index (χ4v) is 1.70. The minimum Gasteiger partial charge on any atom is -0.384 e. The summed E-state index contributed by atoms with van der Waals surface area (Å²) in [7, 11) is 0. The average molecular weight is 207 g/mol. The minimum absolute atomic E-state index is 0.115. The third kappa shape index (κ3) is 2.21. The number of hydrogen-bond donors (Lipinski definition) is 2. The molecule has 2 nitrogen and oxygen atoms in total. The van der Waals surface area contributed by atoms with Crippen molar-refractivity contribution >= 4 is 0 Å². The summed E-state index contributed by atoms with van der Waals surface area (Å²) in [6.07, 6.45) is 0. The normalized spacial score (nSPS) is 15.4. The van der Waals surface area contributed by atoms with E-state index in [1.165, 1.54) is 11.1 Å². The molecule has 0 radical (unpaired) electrons. The Morgan fingerprint density at radius 1 is 1.27 bits per heavy atom. The van der Waals surface area contributed by atoms with Crippen LogP contribution >= 0.6 is 0 Å². The number of aryl methyl sites for hydroxylation is 2. The van der Waals surface area contributed by atoms with Gasteiger partial charge in [-0.1, -0.05) is 32.0 Å². The van der Waals surface area contributed by atoms with E-state index in [2.05, 4.69) is 13.8 Å². The molecule has 2 heteroatoms. The Morgan fingerprint density at radius 2 is 1.87 bits per heavy atom. The second-order valence-corrected chi connectivity index (χ2v) is 4.58. The maximum absolute atomic E-state index is 10.5. The molecule has 0 heterocycles. The molecule has 0 saturated heterocycles. The molecule has 0 aliphatic carbocycles. The summed E-state index contributed by atoms with van der Waals surface area (Å²) >= 11 is 0. The minimum atomic E-state index is -0.904. The first-order chi connectivity index (χ1) is 6.91. The van der Waals surface area contributed by atoms with Crippen molar-refractivity contribution in [1.29, 1.82) is 0 Å². The molecule has 0 aliphatic rings. The van der Waals surface area contributed by atoms with Gasteiger partial charge in [-0.25, -0.2) is 0 Å². The average Bonchev–Trinajstić information content (AvgIpc) is 2.20. The molecule has 1 aromatic rings. The van der Waals surface area contributed by atoms with Gasteiger partial charge in [0.2, 0.25) is 0 Å². The second kappa shape index (κ2) is 4.33. The van der Waals surface area contributed by atoms with Crippen LogP contribution in [-0.2, 0) is 5.60 Å². The van der Waals surface area contributed by atoms with E-state index in [-0.39, 0.29) is 12.5 Å². The second-order valence-electron chi connectivity index (χ2n) is 4.58. The van der Waals surface area contributed by atoms with Crippen LogP contribution in [0.4, 0.5) is 0 Å². The van der Waals surface area contributed by atoms with E-state index < -0.39 is 5.60 Å². The molecule has 84 valence electrons. The predicted molar refractivity (Wildman–Crippen MR) is 63.7 cm³/mol. The van der Waals surface area contributed by atoms with Crippen LogP contribution in [0.5, 0.6) is 0 Å². The van der Waals surface area contributed by atoms with Crippen molar-refractivity contribution in [3.63, 3.8) is 0 Å². The third-order valence-corrected chi connectivity index (χ3v) is 3.27. The summed E-state index contributed by atoms with van der Waals surface area (Å²) in [6, 6.07) is 6.03. The van der Waals surface area contributed by atoms with Crippen molar-refractivity contribution in [2.45, 2.75) is 33.3 Å². The van der Waals surface area contributed by atoms with E-state index in [1.54, 1.807) is 0 Å². The molecule has 0 aliphatic heterocycles. The van der Waals surface area contributed by atoms with Gasteiger partial charge < -0.3 is 10.8 Å². The summed E-state index contributed by atoms with van der Waals surface area (Å²) in [4.78, 5) is 0. The Hall–Kier alpha value is -0.860. The largest absolute Gasteiger partial charge is 0.384 e. The highest BCUT2D eigenvalue weighted by Crippen LogP contribution is 2.29. The van der Waals surface area contributed by atoms with E-state index in [9.17, 15) is 5.11 Å². The highest BCUT2D eigenvalue weighted by molar-refractivity contribution is 5.33. The molecular formula is C13H21NO. The molecule has 0 bridgehead atoms. The van der Waals surface area contributed by atoms with Crippen molar-refractivity contribution in [3.05, 3.63) is 34.9 Å². The topological polar surface area (TPSA) is 46.2 Å². The first-order valence-corrected chi connectivity index (χ1v) is 5.42. The van der Waals surface area contributed by atoms with Crippen LogP contribution in [0.25, 0.3) is 0 Å². The third-order valence-electron chi connectivity index (χ3n) is 3.27. The summed E-state index contributed by atoms with van der Waals surface area (Å²) in [5.74, 6) is 0.115. The molecule has 0 amide bonds. The first-order valence-electron chi connectivity index (χ1n) is 5.42. The van der Waals surface area contributed by atoms with E-state index in [1.807, 2.05) is 32.0 Å². The lowest BCUT2D eigenvalue weighted by Crippen LogP contribution is -2.40. The van der Waals surface area contributed by atoms with E-state index in [0.717, 1.165) is 5.56 Å². The molecule has 1 atom stereocenters. The van der Waals surface area contributed by atoms with Gasteiger partial charge in [0, 0.05) is 6.54 Å². The summed E-state index contributed by atoms with van der Waals surface area (Å²) < 4.78 is 0. The predicted octanol–water partition coefficient (Wildman–Crippen LogP) is 2.11. The zero-order valence-electron chi connectivity index (χ0n) is 10.0. The van der Waals surface area contributed by atoms with Crippen molar-refractivity contribution in [2.75, 3.05) is 6.54 Å². The van der Waals surface area contributed by atoms with Crippen LogP contribution < -0.4 is 5.73 Å². The van der Waals surface area contributed by atoms with Crippen LogP contribution in [0.1, 0.15) is 30.5 Å². The van der Waals surface area contributed by atoms with Gasteiger partial charge in [0.1, 0.15) is 5.60 Å². The lowest BCUT2D eigenvalue weighted by atomic mass is 9.82. The molecule has 3 N–H and O–H groups in total. The number of rotatable bonds is 3. The number of benzene rings is 1. The Labute approximate surface area is 92.1 Å². The van der Waals surface area contributed by atoms with Crippen LogP contribution in [0, 0.1) is 19.8 Å². The van der Waals surface area contributed by atoms with Crippen molar-refractivity contribution < 1.29 is 5.11 Å². The molecule has 0 spiro atoms. The Kier molecular flexibility index (Phi) is 3.53. The number of hydrogen-bond acceptors (Lipinski definition) is 2. The van der Waals surface area contributed by atoms with E-state index >= 15 is 0 Å². The van der Waals surface area contributed by atoms with Gasteiger partial charge in [0.05, 0.1) is 0 Å². The van der Waals surface area contributed by atoms with Crippen LogP contribution in [-0.4, -0.2) is 11.7 Å². The monoisotopic (exact) mass is 207 g/mol. The Morgan fingerprint density at radius 3 is 2.27 bits per heavy atom. The molecule has 15 heavy (non-hydrogen) atoms. The van der Waals surface area contributed by atoms with Crippen molar-refractivity contribution in [3.8, 4) is 0 Å². The lowest BCUT2D eigenvalue weighted by Gasteiger charge is -2.31. The van der Waals surface area contributed by atoms with Gasteiger partial charge in [-0.3, -0.25) is 0 Å². The van der Waals surface area contributed by atoms with Gasteiger partial charge >= 0.3 is 0 Å². The molecule has 1 unspecified atom stereocenters. The quantitative estimate of drug-likeness (QED) is 0.797. The Balaban J connectivity index is 3.19. The van der Waals surface area contributed by atoms with Crippen LogP contribution in [0.2, 0.25) is 0 Å². The van der Waals surface area contributed by atoms with Gasteiger partial charge in [0.25, 0.3) is 0 Å². The zero-order chi connectivity index (χ0) is 11.6. The molecule has 0 aromatic heterocycles. The summed E-state index contributed by atoms with van der Waals surface area (Å²) in [6.45, 7) is 8.35. The number of aliphatic hydroxyl groups is 1. The zero-order valence-corrected chi connectivity index (χ0v) is 10.0. The molecule has 0 fully saturated rings. The van der Waals surface area contributed by atoms with E-state index in [0.29, 0.717) is 0 Å². The van der Waals surface area contributed by atoms with Gasteiger partial charge in [-0.2, -0.15) is 0 Å². The van der Waals surface area contributed by atoms with Crippen molar-refractivity contribution in [2.24, 2.45) is 11.7 Å². The maximum Gasteiger partial charge on any atom is 0.104 e. The number of nitrogens with two attached hydrogens (primary N) is 1. The van der Waals surface area contributed by atoms with Crippen molar-refractivity contribution in [1.82, 2.24) is 0 Å². The SMILES string of the molecule is Cc1ccc(C(O)(CN)C(C)C)cc1C. The molecule has 0 saturated carbocycles.